The van der Waals surface area contributed by atoms with Crippen LogP contribution in [0.1, 0.15) is 36.8 Å². The van der Waals surface area contributed by atoms with Crippen molar-refractivity contribution in [1.82, 2.24) is 19.6 Å². The quantitative estimate of drug-likeness (QED) is 0.902. The molecule has 18 heavy (non-hydrogen) atoms. The van der Waals surface area contributed by atoms with E-state index in [1.807, 2.05) is 28.8 Å². The molecule has 0 aliphatic heterocycles. The first-order chi connectivity index (χ1) is 8.52. The predicted molar refractivity (Wildman–Crippen MR) is 72.6 cm³/mol. The van der Waals surface area contributed by atoms with E-state index in [2.05, 4.69) is 43.2 Å². The number of anilines is 1. The van der Waals surface area contributed by atoms with Crippen LogP contribution in [0.2, 0.25) is 0 Å². The monoisotopic (exact) mass is 247 g/mol. The van der Waals surface area contributed by atoms with Crippen molar-refractivity contribution in [2.45, 2.75) is 40.3 Å². The Bertz CT molecular complexity index is 538. The lowest BCUT2D eigenvalue weighted by Gasteiger charge is -2.14. The van der Waals surface area contributed by atoms with E-state index in [4.69, 9.17) is 0 Å². The third kappa shape index (κ3) is 2.25. The fraction of sp³-hybridized carbons (Fsp3) is 0.538. The van der Waals surface area contributed by atoms with Crippen molar-refractivity contribution in [1.29, 1.82) is 0 Å². The summed E-state index contributed by atoms with van der Waals surface area (Å²) in [6.45, 7) is 9.27. The zero-order valence-electron chi connectivity index (χ0n) is 11.7. The Morgan fingerprint density at radius 3 is 2.61 bits per heavy atom. The van der Waals surface area contributed by atoms with Crippen LogP contribution in [0.4, 0.5) is 5.69 Å². The number of rotatable bonds is 4. The molecule has 0 amide bonds. The second kappa shape index (κ2) is 4.84. The highest BCUT2D eigenvalue weighted by atomic mass is 15.3. The number of nitrogens with zero attached hydrogens (tertiary/aromatic N) is 4. The van der Waals surface area contributed by atoms with Gasteiger partial charge in [0.25, 0.3) is 0 Å². The zero-order valence-corrected chi connectivity index (χ0v) is 11.7. The molecule has 98 valence electrons. The van der Waals surface area contributed by atoms with Crippen molar-refractivity contribution < 1.29 is 0 Å². The highest BCUT2D eigenvalue weighted by Crippen LogP contribution is 2.24. The van der Waals surface area contributed by atoms with Crippen molar-refractivity contribution in [3.63, 3.8) is 0 Å². The predicted octanol–water partition coefficient (Wildman–Crippen LogP) is 2.43. The van der Waals surface area contributed by atoms with Gasteiger partial charge in [-0.2, -0.15) is 10.2 Å². The van der Waals surface area contributed by atoms with Crippen LogP contribution in [-0.2, 0) is 13.6 Å². The first-order valence-corrected chi connectivity index (χ1v) is 6.32. The number of aryl methyl sites for hydroxylation is 3. The lowest BCUT2D eigenvalue weighted by molar-refractivity contribution is 0.660. The van der Waals surface area contributed by atoms with Crippen LogP contribution in [-0.4, -0.2) is 19.6 Å². The van der Waals surface area contributed by atoms with Gasteiger partial charge in [-0.3, -0.25) is 9.36 Å². The van der Waals surface area contributed by atoms with Crippen molar-refractivity contribution in [2.75, 3.05) is 5.32 Å². The zero-order chi connectivity index (χ0) is 13.3. The van der Waals surface area contributed by atoms with Crippen LogP contribution in [0.15, 0.2) is 12.4 Å². The molecule has 2 aromatic heterocycles. The van der Waals surface area contributed by atoms with Gasteiger partial charge >= 0.3 is 0 Å². The Morgan fingerprint density at radius 1 is 1.39 bits per heavy atom. The summed E-state index contributed by atoms with van der Waals surface area (Å²) >= 11 is 0. The molecule has 1 atom stereocenters. The lowest BCUT2D eigenvalue weighted by Crippen LogP contribution is -2.08. The third-order valence-electron chi connectivity index (χ3n) is 3.34. The fourth-order valence-corrected chi connectivity index (χ4v) is 2.35. The second-order valence-corrected chi connectivity index (χ2v) is 4.66. The average molecular weight is 247 g/mol. The van der Waals surface area contributed by atoms with Crippen molar-refractivity contribution >= 4 is 5.69 Å². The number of nitrogens with one attached hydrogen (secondary N) is 1. The highest BCUT2D eigenvalue weighted by Gasteiger charge is 2.16. The van der Waals surface area contributed by atoms with Crippen LogP contribution < -0.4 is 5.32 Å². The fourth-order valence-electron chi connectivity index (χ4n) is 2.35. The summed E-state index contributed by atoms with van der Waals surface area (Å²) < 4.78 is 3.84. The summed E-state index contributed by atoms with van der Waals surface area (Å²) in [5.41, 5.74) is 4.60. The molecule has 2 aromatic rings. The minimum Gasteiger partial charge on any atom is -0.376 e. The maximum Gasteiger partial charge on any atom is 0.0731 e. The molecule has 2 heterocycles. The van der Waals surface area contributed by atoms with Gasteiger partial charge in [-0.05, 0) is 27.7 Å². The molecule has 0 aliphatic carbocycles. The molecule has 0 spiro atoms. The summed E-state index contributed by atoms with van der Waals surface area (Å²) in [6.07, 6.45) is 3.89. The first-order valence-electron chi connectivity index (χ1n) is 6.32. The SMILES string of the molecule is CCn1cc(NC(C)c2c(C)nn(C)c2C)cn1. The van der Waals surface area contributed by atoms with E-state index in [9.17, 15) is 0 Å². The van der Waals surface area contributed by atoms with Crippen LogP contribution in [0.25, 0.3) is 0 Å². The van der Waals surface area contributed by atoms with E-state index >= 15 is 0 Å². The van der Waals surface area contributed by atoms with E-state index in [0.717, 1.165) is 17.9 Å². The standard InChI is InChI=1S/C13H21N5/c1-6-18-8-12(7-14-18)15-9(2)13-10(3)16-17(5)11(13)4/h7-9,15H,6H2,1-5H3. The Labute approximate surface area is 108 Å². The summed E-state index contributed by atoms with van der Waals surface area (Å²) in [4.78, 5) is 0. The minimum absolute atomic E-state index is 0.230. The third-order valence-corrected chi connectivity index (χ3v) is 3.34. The highest BCUT2D eigenvalue weighted by molar-refractivity contribution is 5.43. The first kappa shape index (κ1) is 12.7. The van der Waals surface area contributed by atoms with Gasteiger partial charge in [0.15, 0.2) is 0 Å². The number of aromatic nitrogens is 4. The maximum atomic E-state index is 4.45. The van der Waals surface area contributed by atoms with Gasteiger partial charge in [0.2, 0.25) is 0 Å². The van der Waals surface area contributed by atoms with Crippen LogP contribution in [0.3, 0.4) is 0 Å². The molecule has 2 rings (SSSR count). The van der Waals surface area contributed by atoms with Gasteiger partial charge in [-0.1, -0.05) is 0 Å². The van der Waals surface area contributed by atoms with Gasteiger partial charge in [0.05, 0.1) is 23.6 Å². The van der Waals surface area contributed by atoms with Crippen LogP contribution in [0, 0.1) is 13.8 Å². The minimum atomic E-state index is 0.230. The molecular weight excluding hydrogens is 226 g/mol. The maximum absolute atomic E-state index is 4.45. The van der Waals surface area contributed by atoms with Crippen molar-refractivity contribution in [3.8, 4) is 0 Å². The van der Waals surface area contributed by atoms with Crippen LogP contribution in [0.5, 0.6) is 0 Å². The molecule has 0 aliphatic rings. The average Bonchev–Trinajstić information content (AvgIpc) is 2.85. The molecule has 0 fully saturated rings. The van der Waals surface area contributed by atoms with Gasteiger partial charge in [0, 0.05) is 31.0 Å². The van der Waals surface area contributed by atoms with E-state index in [0.29, 0.717) is 0 Å². The number of hydrogen-bond donors (Lipinski definition) is 1. The number of hydrogen-bond acceptors (Lipinski definition) is 3. The largest absolute Gasteiger partial charge is 0.376 e. The van der Waals surface area contributed by atoms with Gasteiger partial charge in [0.1, 0.15) is 0 Å². The van der Waals surface area contributed by atoms with E-state index in [1.54, 1.807) is 0 Å². The molecule has 5 nitrogen and oxygen atoms in total. The molecular formula is C13H21N5. The molecule has 0 radical (unpaired) electrons. The van der Waals surface area contributed by atoms with Gasteiger partial charge in [-0.25, -0.2) is 0 Å². The molecule has 0 saturated carbocycles. The summed E-state index contributed by atoms with van der Waals surface area (Å²) in [5, 5.41) is 12.2. The Kier molecular flexibility index (Phi) is 3.41. The summed E-state index contributed by atoms with van der Waals surface area (Å²) in [6, 6.07) is 0.230. The molecule has 0 bridgehead atoms. The van der Waals surface area contributed by atoms with Gasteiger partial charge < -0.3 is 5.32 Å². The normalized spacial score (nSPS) is 12.7. The Morgan fingerprint density at radius 2 is 2.11 bits per heavy atom. The second-order valence-electron chi connectivity index (χ2n) is 4.66. The Hall–Kier alpha value is -1.78. The molecule has 0 saturated heterocycles. The van der Waals surface area contributed by atoms with E-state index in [1.165, 1.54) is 11.3 Å². The van der Waals surface area contributed by atoms with Crippen LogP contribution >= 0.6 is 0 Å². The van der Waals surface area contributed by atoms with Gasteiger partial charge in [-0.15, -0.1) is 0 Å². The molecule has 5 heteroatoms. The summed E-state index contributed by atoms with van der Waals surface area (Å²) in [5.74, 6) is 0. The topological polar surface area (TPSA) is 47.7 Å². The van der Waals surface area contributed by atoms with E-state index < -0.39 is 0 Å². The molecule has 1 unspecified atom stereocenters. The Balaban J connectivity index is 2.18. The van der Waals surface area contributed by atoms with E-state index in [-0.39, 0.29) is 6.04 Å². The lowest BCUT2D eigenvalue weighted by atomic mass is 10.1. The van der Waals surface area contributed by atoms with Crippen molar-refractivity contribution in [2.24, 2.45) is 7.05 Å². The molecule has 0 aromatic carbocycles. The smallest absolute Gasteiger partial charge is 0.0731 e. The van der Waals surface area contributed by atoms with Crippen molar-refractivity contribution in [3.05, 3.63) is 29.3 Å². The summed E-state index contributed by atoms with van der Waals surface area (Å²) in [7, 11) is 1.98. The molecule has 1 N–H and O–H groups in total.